The summed E-state index contributed by atoms with van der Waals surface area (Å²) in [6, 6.07) is 16.9. The first kappa shape index (κ1) is 27.6. The van der Waals surface area contributed by atoms with E-state index in [1.165, 1.54) is 4.68 Å². The van der Waals surface area contributed by atoms with Gasteiger partial charge in [-0.1, -0.05) is 58.7 Å². The molecule has 0 fully saturated rings. The average Bonchev–Trinajstić information content (AvgIpc) is 2.90. The van der Waals surface area contributed by atoms with Crippen molar-refractivity contribution in [3.05, 3.63) is 110 Å². The molecule has 0 aliphatic heterocycles. The van der Waals surface area contributed by atoms with Gasteiger partial charge in [0.05, 0.1) is 23.7 Å². The lowest BCUT2D eigenvalue weighted by Crippen LogP contribution is -2.22. The van der Waals surface area contributed by atoms with Gasteiger partial charge in [-0.25, -0.2) is 4.98 Å². The van der Waals surface area contributed by atoms with Gasteiger partial charge < -0.3 is 9.47 Å². The molecule has 0 radical (unpaired) electrons. The Balaban J connectivity index is 1.75. The number of nitrogens with zero attached hydrogens (tertiary/aromatic N) is 3. The molecule has 6 nitrogen and oxygen atoms in total. The van der Waals surface area contributed by atoms with E-state index < -0.39 is 0 Å². The molecule has 196 valence electrons. The van der Waals surface area contributed by atoms with Gasteiger partial charge in [0.2, 0.25) is 0 Å². The van der Waals surface area contributed by atoms with Gasteiger partial charge in [-0.2, -0.15) is 9.78 Å². The first-order chi connectivity index (χ1) is 18.4. The van der Waals surface area contributed by atoms with Crippen molar-refractivity contribution < 1.29 is 9.47 Å². The van der Waals surface area contributed by atoms with Gasteiger partial charge in [0.15, 0.2) is 11.5 Å². The van der Waals surface area contributed by atoms with Gasteiger partial charge in [0, 0.05) is 27.0 Å². The molecule has 0 N–H and O–H groups in total. The minimum atomic E-state index is -0.216. The molecule has 0 saturated heterocycles. The minimum absolute atomic E-state index is 0.216. The number of aryl methyl sites for hydroxylation is 1. The lowest BCUT2D eigenvalue weighted by Gasteiger charge is -2.17. The van der Waals surface area contributed by atoms with Crippen molar-refractivity contribution in [2.45, 2.75) is 39.7 Å². The fourth-order valence-corrected chi connectivity index (χ4v) is 4.63. The Bertz CT molecular complexity index is 1550. The number of fused-ring (bicyclic) bond motifs is 1. The van der Waals surface area contributed by atoms with Crippen LogP contribution < -0.4 is 15.0 Å². The molecule has 8 heteroatoms. The number of hydrogen-bond acceptors (Lipinski definition) is 5. The zero-order chi connectivity index (χ0) is 27.1. The molecule has 1 heterocycles. The molecule has 4 rings (SSSR count). The molecule has 0 amide bonds. The standard InChI is InChI=1S/C30H29BrClN3O3/c1-4-9-21-15-20(16-27(37-6-3)29(21)38-19-22-11-7-8-12-25(22)32)18-33-35-28(10-5-2)34-26-14-13-23(31)17-24(26)30(35)36/h4,7-8,11-18H,1,5-6,9-10,19H2,2-3H3. The second-order valence-electron chi connectivity index (χ2n) is 8.61. The number of halogens is 2. The van der Waals surface area contributed by atoms with E-state index in [-0.39, 0.29) is 5.56 Å². The van der Waals surface area contributed by atoms with Crippen molar-refractivity contribution >= 4 is 44.6 Å². The summed E-state index contributed by atoms with van der Waals surface area (Å²) in [7, 11) is 0. The first-order valence-electron chi connectivity index (χ1n) is 12.5. The van der Waals surface area contributed by atoms with Crippen LogP contribution >= 0.6 is 27.5 Å². The highest BCUT2D eigenvalue weighted by Crippen LogP contribution is 2.35. The third kappa shape index (κ3) is 6.34. The normalized spacial score (nSPS) is 11.3. The Labute approximate surface area is 235 Å². The van der Waals surface area contributed by atoms with Crippen LogP contribution in [-0.4, -0.2) is 22.5 Å². The molecule has 0 aliphatic carbocycles. The van der Waals surface area contributed by atoms with Gasteiger partial charge in [-0.3, -0.25) is 4.79 Å². The van der Waals surface area contributed by atoms with E-state index in [2.05, 4.69) is 27.6 Å². The lowest BCUT2D eigenvalue weighted by atomic mass is 10.1. The predicted molar refractivity (Wildman–Crippen MR) is 158 cm³/mol. The number of ether oxygens (including phenoxy) is 2. The van der Waals surface area contributed by atoms with E-state index in [9.17, 15) is 4.79 Å². The highest BCUT2D eigenvalue weighted by atomic mass is 79.9. The van der Waals surface area contributed by atoms with Crippen LogP contribution in [-0.2, 0) is 19.4 Å². The van der Waals surface area contributed by atoms with Crippen LogP contribution in [0.15, 0.2) is 81.6 Å². The summed E-state index contributed by atoms with van der Waals surface area (Å²) in [5, 5.41) is 5.72. The molecular formula is C30H29BrClN3O3. The van der Waals surface area contributed by atoms with E-state index in [0.29, 0.717) is 59.3 Å². The summed E-state index contributed by atoms with van der Waals surface area (Å²) in [4.78, 5) is 18.1. The smallest absolute Gasteiger partial charge is 0.282 e. The lowest BCUT2D eigenvalue weighted by molar-refractivity contribution is 0.267. The molecule has 0 atom stereocenters. The van der Waals surface area contributed by atoms with Crippen LogP contribution in [0.2, 0.25) is 5.02 Å². The quantitative estimate of drug-likeness (QED) is 0.134. The molecular weight excluding hydrogens is 566 g/mol. The van der Waals surface area contributed by atoms with Crippen LogP contribution in [0.5, 0.6) is 11.5 Å². The second-order valence-corrected chi connectivity index (χ2v) is 9.94. The SMILES string of the molecule is C=CCc1cc(C=Nn2c(CCC)nc3ccc(Br)cc3c2=O)cc(OCC)c1OCc1ccccc1Cl. The summed E-state index contributed by atoms with van der Waals surface area (Å²) in [5.41, 5.74) is 2.97. The zero-order valence-electron chi connectivity index (χ0n) is 21.4. The maximum atomic E-state index is 13.4. The zero-order valence-corrected chi connectivity index (χ0v) is 23.8. The van der Waals surface area contributed by atoms with Crippen molar-refractivity contribution in [1.29, 1.82) is 0 Å². The van der Waals surface area contributed by atoms with Crippen LogP contribution in [0.3, 0.4) is 0 Å². The number of rotatable bonds is 11. The third-order valence-electron chi connectivity index (χ3n) is 5.82. The van der Waals surface area contributed by atoms with Crippen LogP contribution in [0.1, 0.15) is 42.8 Å². The van der Waals surface area contributed by atoms with Crippen LogP contribution in [0, 0.1) is 0 Å². The maximum absolute atomic E-state index is 13.4. The fourth-order valence-electron chi connectivity index (χ4n) is 4.08. The molecule has 1 aromatic heterocycles. The summed E-state index contributed by atoms with van der Waals surface area (Å²) in [6.07, 6.45) is 5.48. The Morgan fingerprint density at radius 2 is 1.92 bits per heavy atom. The van der Waals surface area contributed by atoms with Crippen molar-refractivity contribution in [2.24, 2.45) is 5.10 Å². The second kappa shape index (κ2) is 12.9. The Morgan fingerprint density at radius 3 is 2.66 bits per heavy atom. The number of allylic oxidation sites excluding steroid dienone is 1. The minimum Gasteiger partial charge on any atom is -0.490 e. The molecule has 0 spiro atoms. The molecule has 0 saturated carbocycles. The molecule has 0 unspecified atom stereocenters. The maximum Gasteiger partial charge on any atom is 0.282 e. The largest absolute Gasteiger partial charge is 0.490 e. The van der Waals surface area contributed by atoms with Crippen molar-refractivity contribution in [3.63, 3.8) is 0 Å². The van der Waals surface area contributed by atoms with E-state index in [4.69, 9.17) is 26.1 Å². The molecule has 0 bridgehead atoms. The van der Waals surface area contributed by atoms with Gasteiger partial charge in [0.25, 0.3) is 5.56 Å². The first-order valence-corrected chi connectivity index (χ1v) is 13.6. The van der Waals surface area contributed by atoms with Gasteiger partial charge >= 0.3 is 0 Å². The van der Waals surface area contributed by atoms with Gasteiger partial charge in [-0.15, -0.1) is 6.58 Å². The van der Waals surface area contributed by atoms with Gasteiger partial charge in [0.1, 0.15) is 12.4 Å². The predicted octanol–water partition coefficient (Wildman–Crippen LogP) is 7.35. The average molecular weight is 595 g/mol. The Kier molecular flexibility index (Phi) is 9.37. The van der Waals surface area contributed by atoms with E-state index in [1.54, 1.807) is 12.3 Å². The number of aromatic nitrogens is 2. The van der Waals surface area contributed by atoms with E-state index in [1.807, 2.05) is 68.5 Å². The Hall–Kier alpha value is -3.42. The molecule has 3 aromatic carbocycles. The summed E-state index contributed by atoms with van der Waals surface area (Å²) in [6.45, 7) is 8.62. The van der Waals surface area contributed by atoms with Crippen LogP contribution in [0.25, 0.3) is 10.9 Å². The van der Waals surface area contributed by atoms with E-state index >= 15 is 0 Å². The molecule has 4 aromatic rings. The monoisotopic (exact) mass is 593 g/mol. The fraction of sp³-hybridized carbons (Fsp3) is 0.233. The van der Waals surface area contributed by atoms with E-state index in [0.717, 1.165) is 27.6 Å². The highest BCUT2D eigenvalue weighted by Gasteiger charge is 2.15. The van der Waals surface area contributed by atoms with Crippen molar-refractivity contribution in [1.82, 2.24) is 9.66 Å². The number of hydrogen-bond donors (Lipinski definition) is 0. The van der Waals surface area contributed by atoms with Crippen molar-refractivity contribution in [3.8, 4) is 11.5 Å². The highest BCUT2D eigenvalue weighted by molar-refractivity contribution is 9.10. The van der Waals surface area contributed by atoms with Crippen LogP contribution in [0.4, 0.5) is 0 Å². The summed E-state index contributed by atoms with van der Waals surface area (Å²) < 4.78 is 14.4. The topological polar surface area (TPSA) is 65.7 Å². The molecule has 38 heavy (non-hydrogen) atoms. The summed E-state index contributed by atoms with van der Waals surface area (Å²) in [5.74, 6) is 1.83. The van der Waals surface area contributed by atoms with Gasteiger partial charge in [-0.05, 0) is 61.7 Å². The van der Waals surface area contributed by atoms with Crippen molar-refractivity contribution in [2.75, 3.05) is 6.61 Å². The third-order valence-corrected chi connectivity index (χ3v) is 6.68. The summed E-state index contributed by atoms with van der Waals surface area (Å²) >= 11 is 9.77. The number of benzene rings is 3. The molecule has 0 aliphatic rings. The Morgan fingerprint density at radius 1 is 1.11 bits per heavy atom.